The topological polar surface area (TPSA) is 17.1 Å². The number of carbonyl (C=O) groups excluding carboxylic acids is 1. The molecule has 0 aliphatic heterocycles. The highest BCUT2D eigenvalue weighted by Gasteiger charge is 2.16. The van der Waals surface area contributed by atoms with Crippen LogP contribution in [0.1, 0.15) is 84.0 Å². The highest BCUT2D eigenvalue weighted by Crippen LogP contribution is 2.26. The van der Waals surface area contributed by atoms with Gasteiger partial charge < -0.3 is 0 Å². The quantitative estimate of drug-likeness (QED) is 0.510. The second-order valence-corrected chi connectivity index (χ2v) is 5.54. The van der Waals surface area contributed by atoms with Crippen LogP contribution in [-0.2, 0) is 4.79 Å². The van der Waals surface area contributed by atoms with E-state index in [4.69, 9.17) is 0 Å². The molecule has 0 aromatic rings. The van der Waals surface area contributed by atoms with Crippen LogP contribution < -0.4 is 0 Å². The number of Topliss-reactive ketones (excluding diaryl/α,β-unsaturated/α-hetero) is 1. The van der Waals surface area contributed by atoms with E-state index in [0.717, 1.165) is 19.3 Å². The number of rotatable bonds is 9. The molecular formula is C16H29O. The first-order valence-electron chi connectivity index (χ1n) is 7.68. The van der Waals surface area contributed by atoms with E-state index in [-0.39, 0.29) is 0 Å². The number of carbonyl (C=O) groups is 1. The van der Waals surface area contributed by atoms with E-state index in [9.17, 15) is 4.79 Å². The molecule has 1 aliphatic rings. The molecule has 1 radical (unpaired) electrons. The molecule has 0 heterocycles. The molecule has 0 aromatic heterocycles. The van der Waals surface area contributed by atoms with Gasteiger partial charge >= 0.3 is 0 Å². The van der Waals surface area contributed by atoms with Crippen molar-refractivity contribution in [3.05, 3.63) is 6.42 Å². The van der Waals surface area contributed by atoms with Crippen molar-refractivity contribution in [1.82, 2.24) is 0 Å². The van der Waals surface area contributed by atoms with Crippen molar-refractivity contribution in [3.63, 3.8) is 0 Å². The lowest BCUT2D eigenvalue weighted by atomic mass is 9.85. The zero-order valence-electron chi connectivity index (χ0n) is 11.5. The highest BCUT2D eigenvalue weighted by molar-refractivity contribution is 5.78. The first-order chi connectivity index (χ1) is 8.33. The summed E-state index contributed by atoms with van der Waals surface area (Å²) in [5, 5.41) is 0. The lowest BCUT2D eigenvalue weighted by Crippen LogP contribution is -2.12. The predicted molar refractivity (Wildman–Crippen MR) is 73.9 cm³/mol. The number of ketones is 1. The summed E-state index contributed by atoms with van der Waals surface area (Å²) in [5.41, 5.74) is 0. The maximum absolute atomic E-state index is 11.8. The van der Waals surface area contributed by atoms with Crippen molar-refractivity contribution in [2.45, 2.75) is 84.0 Å². The Hall–Kier alpha value is -0.330. The predicted octanol–water partition coefficient (Wildman–Crippen LogP) is 5.09. The minimum atomic E-state index is 0.503. The van der Waals surface area contributed by atoms with Crippen LogP contribution in [0.5, 0.6) is 0 Å². The summed E-state index contributed by atoms with van der Waals surface area (Å²) < 4.78 is 0. The molecule has 1 nitrogen and oxygen atoms in total. The fourth-order valence-electron chi connectivity index (χ4n) is 2.70. The molecule has 99 valence electrons. The first-order valence-corrected chi connectivity index (χ1v) is 7.68. The molecule has 1 fully saturated rings. The Kier molecular flexibility index (Phi) is 8.38. The second-order valence-electron chi connectivity index (χ2n) is 5.54. The van der Waals surface area contributed by atoms with Crippen LogP contribution in [0.25, 0.3) is 0 Å². The molecule has 1 atom stereocenters. The van der Waals surface area contributed by atoms with E-state index in [1.807, 2.05) is 0 Å². The molecule has 1 saturated carbocycles. The van der Waals surface area contributed by atoms with E-state index in [0.29, 0.717) is 11.7 Å². The summed E-state index contributed by atoms with van der Waals surface area (Å²) in [6.45, 7) is 2.24. The van der Waals surface area contributed by atoms with Crippen LogP contribution in [0.3, 0.4) is 0 Å². The Balaban J connectivity index is 1.93. The van der Waals surface area contributed by atoms with Crippen LogP contribution in [0.4, 0.5) is 0 Å². The lowest BCUT2D eigenvalue weighted by molar-refractivity contribution is -0.120. The van der Waals surface area contributed by atoms with Gasteiger partial charge in [0.15, 0.2) is 0 Å². The fraction of sp³-hybridized carbons (Fsp3) is 0.875. The minimum Gasteiger partial charge on any atom is -0.300 e. The van der Waals surface area contributed by atoms with Gasteiger partial charge in [-0.05, 0) is 31.6 Å². The SMILES string of the molecule is CCCCCCCCC(=O)CC1[CH]CCCC1. The van der Waals surface area contributed by atoms with E-state index in [1.165, 1.54) is 57.8 Å². The van der Waals surface area contributed by atoms with Crippen molar-refractivity contribution < 1.29 is 4.79 Å². The molecule has 17 heavy (non-hydrogen) atoms. The van der Waals surface area contributed by atoms with Crippen LogP contribution in [0, 0.1) is 12.3 Å². The molecule has 1 unspecified atom stereocenters. The third-order valence-corrected chi connectivity index (χ3v) is 3.83. The number of hydrogen-bond acceptors (Lipinski definition) is 1. The smallest absolute Gasteiger partial charge is 0.133 e. The molecule has 0 amide bonds. The lowest BCUT2D eigenvalue weighted by Gasteiger charge is -2.20. The maximum atomic E-state index is 11.8. The molecule has 0 saturated heterocycles. The molecule has 0 aromatic carbocycles. The van der Waals surface area contributed by atoms with Crippen LogP contribution in [0.2, 0.25) is 0 Å². The van der Waals surface area contributed by atoms with Gasteiger partial charge in [-0.3, -0.25) is 4.79 Å². The van der Waals surface area contributed by atoms with Gasteiger partial charge in [-0.2, -0.15) is 0 Å². The molecular weight excluding hydrogens is 208 g/mol. The van der Waals surface area contributed by atoms with E-state index >= 15 is 0 Å². The van der Waals surface area contributed by atoms with Crippen molar-refractivity contribution in [2.75, 3.05) is 0 Å². The van der Waals surface area contributed by atoms with Gasteiger partial charge in [0.2, 0.25) is 0 Å². The zero-order valence-corrected chi connectivity index (χ0v) is 11.5. The van der Waals surface area contributed by atoms with Gasteiger partial charge in [0.1, 0.15) is 5.78 Å². The van der Waals surface area contributed by atoms with Crippen molar-refractivity contribution >= 4 is 5.78 Å². The third-order valence-electron chi connectivity index (χ3n) is 3.83. The molecule has 1 aliphatic carbocycles. The molecule has 1 heteroatoms. The van der Waals surface area contributed by atoms with E-state index in [1.54, 1.807) is 0 Å². The Bertz CT molecular complexity index is 192. The molecule has 0 spiro atoms. The fourth-order valence-corrected chi connectivity index (χ4v) is 2.70. The standard InChI is InChI=1S/C16H29O/c1-2-3-4-5-6-10-13-16(17)14-15-11-8-7-9-12-15/h11,15H,2-10,12-14H2,1H3. The van der Waals surface area contributed by atoms with Crippen LogP contribution >= 0.6 is 0 Å². The van der Waals surface area contributed by atoms with Crippen molar-refractivity contribution in [3.8, 4) is 0 Å². The van der Waals surface area contributed by atoms with E-state index < -0.39 is 0 Å². The Labute approximate surface area is 107 Å². The summed E-state index contributed by atoms with van der Waals surface area (Å²) in [4.78, 5) is 11.8. The average molecular weight is 237 g/mol. The van der Waals surface area contributed by atoms with Crippen molar-refractivity contribution in [1.29, 1.82) is 0 Å². The molecule has 1 rings (SSSR count). The largest absolute Gasteiger partial charge is 0.300 e. The van der Waals surface area contributed by atoms with E-state index in [2.05, 4.69) is 13.3 Å². The van der Waals surface area contributed by atoms with Gasteiger partial charge in [-0.1, -0.05) is 51.9 Å². The Morgan fingerprint density at radius 1 is 1.12 bits per heavy atom. The second kappa shape index (κ2) is 9.67. The normalized spacial score (nSPS) is 17.2. The minimum absolute atomic E-state index is 0.503. The average Bonchev–Trinajstić information content (AvgIpc) is 2.35. The van der Waals surface area contributed by atoms with Gasteiger partial charge in [-0.15, -0.1) is 0 Å². The summed E-state index contributed by atoms with van der Waals surface area (Å²) in [5.74, 6) is 1.11. The molecule has 0 N–H and O–H groups in total. The summed E-state index contributed by atoms with van der Waals surface area (Å²) in [6, 6.07) is 0. The summed E-state index contributed by atoms with van der Waals surface area (Å²) in [7, 11) is 0. The monoisotopic (exact) mass is 237 g/mol. The van der Waals surface area contributed by atoms with Crippen LogP contribution in [0.15, 0.2) is 0 Å². The Morgan fingerprint density at radius 2 is 1.88 bits per heavy atom. The van der Waals surface area contributed by atoms with Gasteiger partial charge in [0, 0.05) is 12.8 Å². The van der Waals surface area contributed by atoms with Gasteiger partial charge in [-0.25, -0.2) is 0 Å². The van der Waals surface area contributed by atoms with Gasteiger partial charge in [0.25, 0.3) is 0 Å². The highest BCUT2D eigenvalue weighted by atomic mass is 16.1. The van der Waals surface area contributed by atoms with Crippen LogP contribution in [-0.4, -0.2) is 5.78 Å². The maximum Gasteiger partial charge on any atom is 0.133 e. The summed E-state index contributed by atoms with van der Waals surface area (Å²) in [6.07, 6.45) is 16.9. The summed E-state index contributed by atoms with van der Waals surface area (Å²) >= 11 is 0. The third kappa shape index (κ3) is 7.57. The van der Waals surface area contributed by atoms with Gasteiger partial charge in [0.05, 0.1) is 0 Å². The first kappa shape index (κ1) is 14.7. The Morgan fingerprint density at radius 3 is 2.59 bits per heavy atom. The van der Waals surface area contributed by atoms with Crippen molar-refractivity contribution in [2.24, 2.45) is 5.92 Å². The number of hydrogen-bond donors (Lipinski definition) is 0. The molecule has 0 bridgehead atoms. The number of unbranched alkanes of at least 4 members (excludes halogenated alkanes) is 5. The zero-order chi connectivity index (χ0) is 12.3.